The summed E-state index contributed by atoms with van der Waals surface area (Å²) >= 11 is 1.46. The molecule has 0 saturated heterocycles. The number of benzene rings is 2. The maximum absolute atomic E-state index is 12.4. The van der Waals surface area contributed by atoms with E-state index in [0.29, 0.717) is 12.1 Å². The molecule has 2 aromatic carbocycles. The van der Waals surface area contributed by atoms with E-state index in [1.807, 2.05) is 24.3 Å². The van der Waals surface area contributed by atoms with Crippen molar-refractivity contribution in [2.45, 2.75) is 6.42 Å². The molecule has 1 aliphatic heterocycles. The van der Waals surface area contributed by atoms with E-state index in [1.165, 1.54) is 11.3 Å². The summed E-state index contributed by atoms with van der Waals surface area (Å²) in [6.45, 7) is 0.371. The predicted octanol–water partition coefficient (Wildman–Crippen LogP) is 3.04. The Kier molecular flexibility index (Phi) is 3.74. The second-order valence-corrected chi connectivity index (χ2v) is 6.42. The van der Waals surface area contributed by atoms with Crippen LogP contribution in [0, 0.1) is 0 Å². The van der Waals surface area contributed by atoms with Crippen molar-refractivity contribution < 1.29 is 14.3 Å². The second-order valence-electron chi connectivity index (χ2n) is 5.54. The lowest BCUT2D eigenvalue weighted by Crippen LogP contribution is -2.33. The number of rotatable bonds is 3. The van der Waals surface area contributed by atoms with Crippen LogP contribution in [-0.4, -0.2) is 30.0 Å². The summed E-state index contributed by atoms with van der Waals surface area (Å²) in [5.41, 5.74) is 5.06. The summed E-state index contributed by atoms with van der Waals surface area (Å²) < 4.78 is 6.12. The molecule has 0 radical (unpaired) electrons. The number of nitrogens with zero attached hydrogens (tertiary/aromatic N) is 2. The number of ether oxygens (including phenoxy) is 1. The highest BCUT2D eigenvalue weighted by Gasteiger charge is 2.25. The van der Waals surface area contributed by atoms with E-state index in [2.05, 4.69) is 4.98 Å². The van der Waals surface area contributed by atoms with Gasteiger partial charge in [0.15, 0.2) is 6.61 Å². The standard InChI is InChI=1S/C18H14N2O3S/c21-17(20-8-7-12-3-1-2-4-15(12)20)10-23-18(22)13-5-6-14-16(9-13)24-11-19-14/h1-6,9,11H,7-8,10H2. The lowest BCUT2D eigenvalue weighted by Gasteiger charge is -2.17. The minimum absolute atomic E-state index is 0.202. The summed E-state index contributed by atoms with van der Waals surface area (Å²) in [4.78, 5) is 30.4. The van der Waals surface area contributed by atoms with E-state index in [-0.39, 0.29) is 12.5 Å². The van der Waals surface area contributed by atoms with Crippen LogP contribution in [-0.2, 0) is 16.0 Å². The third-order valence-corrected chi connectivity index (χ3v) is 4.87. The van der Waals surface area contributed by atoms with Crippen LogP contribution < -0.4 is 4.90 Å². The van der Waals surface area contributed by atoms with Crippen molar-refractivity contribution in [1.82, 2.24) is 4.98 Å². The summed E-state index contributed by atoms with van der Waals surface area (Å²) in [7, 11) is 0. The molecule has 3 aromatic rings. The Morgan fingerprint density at radius 2 is 2.08 bits per heavy atom. The molecule has 0 spiro atoms. The number of thiazole rings is 1. The molecule has 5 nitrogen and oxygen atoms in total. The second kappa shape index (κ2) is 6.05. The van der Waals surface area contributed by atoms with Gasteiger partial charge in [0, 0.05) is 12.2 Å². The van der Waals surface area contributed by atoms with Gasteiger partial charge >= 0.3 is 5.97 Å². The van der Waals surface area contributed by atoms with E-state index in [0.717, 1.165) is 27.9 Å². The molecule has 0 fully saturated rings. The van der Waals surface area contributed by atoms with Crippen molar-refractivity contribution in [1.29, 1.82) is 0 Å². The quantitative estimate of drug-likeness (QED) is 0.689. The largest absolute Gasteiger partial charge is 0.452 e. The van der Waals surface area contributed by atoms with Crippen molar-refractivity contribution in [3.05, 3.63) is 59.1 Å². The summed E-state index contributed by atoms with van der Waals surface area (Å²) in [5.74, 6) is -0.696. The molecule has 4 rings (SSSR count). The van der Waals surface area contributed by atoms with Gasteiger partial charge in [0.2, 0.25) is 0 Å². The highest BCUT2D eigenvalue weighted by molar-refractivity contribution is 7.16. The van der Waals surface area contributed by atoms with Crippen LogP contribution in [0.4, 0.5) is 5.69 Å². The van der Waals surface area contributed by atoms with Crippen molar-refractivity contribution >= 4 is 39.1 Å². The molecule has 0 atom stereocenters. The Bertz CT molecular complexity index is 935. The van der Waals surface area contributed by atoms with Gasteiger partial charge in [-0.3, -0.25) is 4.79 Å². The monoisotopic (exact) mass is 338 g/mol. The van der Waals surface area contributed by atoms with Gasteiger partial charge in [0.05, 0.1) is 21.3 Å². The maximum Gasteiger partial charge on any atom is 0.338 e. The van der Waals surface area contributed by atoms with Gasteiger partial charge in [-0.05, 0) is 36.2 Å². The molecule has 6 heteroatoms. The molecular formula is C18H14N2O3S. The third-order valence-electron chi connectivity index (χ3n) is 4.08. The minimum Gasteiger partial charge on any atom is -0.452 e. The first-order chi connectivity index (χ1) is 11.7. The lowest BCUT2D eigenvalue weighted by molar-refractivity contribution is -0.121. The number of hydrogen-bond acceptors (Lipinski definition) is 5. The van der Waals surface area contributed by atoms with E-state index < -0.39 is 5.97 Å². The molecule has 0 saturated carbocycles. The van der Waals surface area contributed by atoms with E-state index >= 15 is 0 Å². The number of amides is 1. The van der Waals surface area contributed by atoms with Crippen LogP contribution >= 0.6 is 11.3 Å². The normalized spacial score (nSPS) is 13.1. The first kappa shape index (κ1) is 14.8. The van der Waals surface area contributed by atoms with Gasteiger partial charge in [0.25, 0.3) is 5.91 Å². The van der Waals surface area contributed by atoms with Crippen LogP contribution in [0.25, 0.3) is 10.2 Å². The number of carbonyl (C=O) groups is 2. The number of para-hydroxylation sites is 1. The third kappa shape index (κ3) is 2.65. The number of anilines is 1. The fourth-order valence-corrected chi connectivity index (χ4v) is 3.58. The number of hydrogen-bond donors (Lipinski definition) is 0. The molecule has 1 aromatic heterocycles. The average molecular weight is 338 g/mol. The fraction of sp³-hybridized carbons (Fsp3) is 0.167. The molecule has 0 bridgehead atoms. The first-order valence-electron chi connectivity index (χ1n) is 7.61. The highest BCUT2D eigenvalue weighted by Crippen LogP contribution is 2.27. The topological polar surface area (TPSA) is 59.5 Å². The zero-order chi connectivity index (χ0) is 16.5. The SMILES string of the molecule is O=C(OCC(=O)N1CCc2ccccc21)c1ccc2ncsc2c1. The molecule has 0 aliphatic carbocycles. The molecule has 0 N–H and O–H groups in total. The van der Waals surface area contributed by atoms with E-state index in [1.54, 1.807) is 28.6 Å². The molecule has 1 aliphatic rings. The Labute approximate surface area is 142 Å². The summed E-state index contributed by atoms with van der Waals surface area (Å²) in [6, 6.07) is 13.0. The zero-order valence-corrected chi connectivity index (χ0v) is 13.6. The fourth-order valence-electron chi connectivity index (χ4n) is 2.87. The molecule has 120 valence electrons. The van der Waals surface area contributed by atoms with Crippen molar-refractivity contribution in [2.24, 2.45) is 0 Å². The lowest BCUT2D eigenvalue weighted by atomic mass is 10.2. The van der Waals surface area contributed by atoms with Crippen LogP contribution in [0.15, 0.2) is 48.0 Å². The van der Waals surface area contributed by atoms with Gasteiger partial charge in [-0.15, -0.1) is 11.3 Å². The maximum atomic E-state index is 12.4. The van der Waals surface area contributed by atoms with Crippen molar-refractivity contribution in [3.8, 4) is 0 Å². The van der Waals surface area contributed by atoms with Gasteiger partial charge in [-0.2, -0.15) is 0 Å². The van der Waals surface area contributed by atoms with Gasteiger partial charge < -0.3 is 9.64 Å². The highest BCUT2D eigenvalue weighted by atomic mass is 32.1. The zero-order valence-electron chi connectivity index (χ0n) is 12.8. The van der Waals surface area contributed by atoms with Gasteiger partial charge in [0.1, 0.15) is 0 Å². The molecule has 24 heavy (non-hydrogen) atoms. The molecule has 1 amide bonds. The Balaban J connectivity index is 1.43. The van der Waals surface area contributed by atoms with Gasteiger partial charge in [-0.1, -0.05) is 18.2 Å². The number of esters is 1. The Morgan fingerprint density at radius 3 is 3.00 bits per heavy atom. The van der Waals surface area contributed by atoms with Crippen molar-refractivity contribution in [2.75, 3.05) is 18.1 Å². The summed E-state index contributed by atoms with van der Waals surface area (Å²) in [5, 5.41) is 0. The number of fused-ring (bicyclic) bond motifs is 2. The molecular weight excluding hydrogens is 324 g/mol. The Morgan fingerprint density at radius 1 is 1.21 bits per heavy atom. The van der Waals surface area contributed by atoms with Crippen LogP contribution in [0.2, 0.25) is 0 Å². The van der Waals surface area contributed by atoms with Gasteiger partial charge in [-0.25, -0.2) is 9.78 Å². The first-order valence-corrected chi connectivity index (χ1v) is 8.49. The van der Waals surface area contributed by atoms with Crippen LogP contribution in [0.3, 0.4) is 0 Å². The van der Waals surface area contributed by atoms with Crippen LogP contribution in [0.5, 0.6) is 0 Å². The molecule has 2 heterocycles. The predicted molar refractivity (Wildman–Crippen MR) is 92.4 cm³/mol. The Hall–Kier alpha value is -2.73. The summed E-state index contributed by atoms with van der Waals surface area (Å²) in [6.07, 6.45) is 0.831. The van der Waals surface area contributed by atoms with Crippen molar-refractivity contribution in [3.63, 3.8) is 0 Å². The number of carbonyl (C=O) groups excluding carboxylic acids is 2. The van der Waals surface area contributed by atoms with E-state index in [4.69, 9.17) is 4.74 Å². The number of aromatic nitrogens is 1. The average Bonchev–Trinajstić information content (AvgIpc) is 3.25. The van der Waals surface area contributed by atoms with E-state index in [9.17, 15) is 9.59 Å². The minimum atomic E-state index is -0.494. The molecule has 0 unspecified atom stereocenters. The smallest absolute Gasteiger partial charge is 0.338 e. The van der Waals surface area contributed by atoms with Crippen LogP contribution in [0.1, 0.15) is 15.9 Å².